The second-order valence-electron chi connectivity index (χ2n) is 6.97. The Kier molecular flexibility index (Phi) is 5.32. The Morgan fingerprint density at radius 3 is 2.37 bits per heavy atom. The number of aliphatic hydroxyl groups is 3. The molecule has 0 saturated carbocycles. The molecular weight excluding hydrogens is 348 g/mol. The first-order valence-corrected chi connectivity index (χ1v) is 8.59. The summed E-state index contributed by atoms with van der Waals surface area (Å²) in [5, 5.41) is 31.8. The van der Waals surface area contributed by atoms with Gasteiger partial charge in [-0.2, -0.15) is 0 Å². The van der Waals surface area contributed by atoms with Crippen LogP contribution in [-0.4, -0.2) is 27.0 Å². The fraction of sp³-hybridized carbons (Fsp3) is 0.286. The van der Waals surface area contributed by atoms with Crippen molar-refractivity contribution >= 4 is 11.0 Å². The molecule has 6 heteroatoms. The molecule has 6 nitrogen and oxygen atoms in total. The van der Waals surface area contributed by atoms with Crippen molar-refractivity contribution in [1.29, 1.82) is 0 Å². The van der Waals surface area contributed by atoms with Crippen LogP contribution in [0.3, 0.4) is 0 Å². The summed E-state index contributed by atoms with van der Waals surface area (Å²) in [5.74, 6) is 0.261. The van der Waals surface area contributed by atoms with Gasteiger partial charge >= 0.3 is 5.63 Å². The van der Waals surface area contributed by atoms with Crippen LogP contribution in [0.2, 0.25) is 0 Å². The summed E-state index contributed by atoms with van der Waals surface area (Å²) in [5.41, 5.74) is -1.02. The van der Waals surface area contributed by atoms with Crippen LogP contribution in [0, 0.1) is 0 Å². The molecule has 0 spiro atoms. The second kappa shape index (κ2) is 7.52. The van der Waals surface area contributed by atoms with Gasteiger partial charge in [0.1, 0.15) is 30.1 Å². The van der Waals surface area contributed by atoms with Gasteiger partial charge in [0.15, 0.2) is 0 Å². The topological polar surface area (TPSA) is 100 Å². The van der Waals surface area contributed by atoms with Crippen molar-refractivity contribution in [3.05, 3.63) is 76.1 Å². The van der Waals surface area contributed by atoms with Crippen LogP contribution >= 0.6 is 0 Å². The summed E-state index contributed by atoms with van der Waals surface area (Å²) >= 11 is 0. The van der Waals surface area contributed by atoms with Crippen LogP contribution in [0.5, 0.6) is 5.75 Å². The number of ether oxygens (including phenoxy) is 1. The molecule has 1 heterocycles. The highest BCUT2D eigenvalue weighted by atomic mass is 16.5. The smallest absolute Gasteiger partial charge is 0.336 e. The van der Waals surface area contributed by atoms with Gasteiger partial charge in [0.25, 0.3) is 0 Å². The Labute approximate surface area is 156 Å². The third kappa shape index (κ3) is 4.19. The van der Waals surface area contributed by atoms with E-state index in [1.54, 1.807) is 18.2 Å². The lowest BCUT2D eigenvalue weighted by Crippen LogP contribution is -2.40. The molecule has 3 rings (SSSR count). The molecule has 1 aromatic heterocycles. The predicted molar refractivity (Wildman–Crippen MR) is 101 cm³/mol. The minimum absolute atomic E-state index is 0.115. The number of aliphatic hydroxyl groups excluding tert-OH is 2. The number of fused-ring (bicyclic) bond motifs is 1. The van der Waals surface area contributed by atoms with E-state index in [1.165, 1.54) is 19.9 Å². The maximum Gasteiger partial charge on any atom is 0.336 e. The van der Waals surface area contributed by atoms with Gasteiger partial charge in [-0.05, 0) is 37.6 Å². The highest BCUT2D eigenvalue weighted by molar-refractivity contribution is 5.82. The van der Waals surface area contributed by atoms with Gasteiger partial charge < -0.3 is 24.5 Å². The average molecular weight is 370 g/mol. The monoisotopic (exact) mass is 370 g/mol. The van der Waals surface area contributed by atoms with E-state index >= 15 is 0 Å². The van der Waals surface area contributed by atoms with Crippen molar-refractivity contribution in [2.45, 2.75) is 38.3 Å². The molecule has 0 unspecified atom stereocenters. The summed E-state index contributed by atoms with van der Waals surface area (Å²) < 4.78 is 11.1. The van der Waals surface area contributed by atoms with Crippen molar-refractivity contribution in [2.24, 2.45) is 0 Å². The quantitative estimate of drug-likeness (QED) is 0.577. The molecule has 0 saturated heterocycles. The Bertz CT molecular complexity index is 971. The summed E-state index contributed by atoms with van der Waals surface area (Å²) in [7, 11) is 0. The summed E-state index contributed by atoms with van der Waals surface area (Å²) in [6, 6.07) is 15.6. The number of hydrogen-bond donors (Lipinski definition) is 3. The molecule has 0 bridgehead atoms. The SMILES string of the molecule is CC(C)(O)[C@H](O)[C@@H](O)c1c(OCc2ccccc2)ccc2ccc(=O)oc12. The Hall–Kier alpha value is -2.67. The molecule has 2 atom stereocenters. The normalized spacial score (nSPS) is 14.1. The molecule has 0 aliphatic heterocycles. The highest BCUT2D eigenvalue weighted by Crippen LogP contribution is 2.36. The van der Waals surface area contributed by atoms with Gasteiger partial charge in [-0.1, -0.05) is 30.3 Å². The predicted octanol–water partition coefficient (Wildman–Crippen LogP) is 2.54. The molecule has 27 heavy (non-hydrogen) atoms. The van der Waals surface area contributed by atoms with Crippen LogP contribution in [0.4, 0.5) is 0 Å². The van der Waals surface area contributed by atoms with Crippen molar-refractivity contribution < 1.29 is 24.5 Å². The number of hydrogen-bond acceptors (Lipinski definition) is 6. The molecule has 2 aromatic carbocycles. The lowest BCUT2D eigenvalue weighted by molar-refractivity contribution is -0.107. The van der Waals surface area contributed by atoms with Crippen LogP contribution < -0.4 is 10.4 Å². The first-order valence-electron chi connectivity index (χ1n) is 8.59. The van der Waals surface area contributed by atoms with Gasteiger partial charge in [-0.3, -0.25) is 0 Å². The number of benzene rings is 2. The molecule has 3 aromatic rings. The molecule has 0 amide bonds. The molecule has 0 aliphatic carbocycles. The molecule has 142 valence electrons. The van der Waals surface area contributed by atoms with Gasteiger partial charge in [0, 0.05) is 11.5 Å². The lowest BCUT2D eigenvalue weighted by atomic mass is 9.91. The standard InChI is InChI=1S/C21H22O6/c1-21(2,25)20(24)18(23)17-15(26-12-13-6-4-3-5-7-13)10-8-14-9-11-16(22)27-19(14)17/h3-11,18,20,23-25H,12H2,1-2H3/t18-,20+/m0/s1. The zero-order chi connectivity index (χ0) is 19.6. The van der Waals surface area contributed by atoms with Crippen molar-refractivity contribution in [3.8, 4) is 5.75 Å². The van der Waals surface area contributed by atoms with E-state index in [2.05, 4.69) is 0 Å². The lowest BCUT2D eigenvalue weighted by Gasteiger charge is -2.29. The third-order valence-corrected chi connectivity index (χ3v) is 4.34. The maximum atomic E-state index is 11.7. The second-order valence-corrected chi connectivity index (χ2v) is 6.97. The molecular formula is C21H22O6. The Morgan fingerprint density at radius 1 is 1.04 bits per heavy atom. The van der Waals surface area contributed by atoms with E-state index in [1.807, 2.05) is 30.3 Å². The number of rotatable bonds is 6. The average Bonchev–Trinajstić information content (AvgIpc) is 2.64. The largest absolute Gasteiger partial charge is 0.488 e. The molecule has 0 radical (unpaired) electrons. The summed E-state index contributed by atoms with van der Waals surface area (Å²) in [6.07, 6.45) is -3.04. The van der Waals surface area contributed by atoms with E-state index in [4.69, 9.17) is 9.15 Å². The van der Waals surface area contributed by atoms with Crippen molar-refractivity contribution in [3.63, 3.8) is 0 Å². The highest BCUT2D eigenvalue weighted by Gasteiger charge is 2.35. The maximum absolute atomic E-state index is 11.7. The van der Waals surface area contributed by atoms with Gasteiger partial charge in [-0.25, -0.2) is 4.79 Å². The first-order chi connectivity index (χ1) is 12.8. The fourth-order valence-corrected chi connectivity index (χ4v) is 2.82. The van der Waals surface area contributed by atoms with E-state index in [-0.39, 0.29) is 23.5 Å². The zero-order valence-electron chi connectivity index (χ0n) is 15.1. The van der Waals surface area contributed by atoms with Gasteiger partial charge in [0.2, 0.25) is 0 Å². The Morgan fingerprint density at radius 2 is 1.70 bits per heavy atom. The van der Waals surface area contributed by atoms with Crippen LogP contribution in [0.25, 0.3) is 11.0 Å². The fourth-order valence-electron chi connectivity index (χ4n) is 2.82. The van der Waals surface area contributed by atoms with E-state index < -0.39 is 23.4 Å². The minimum Gasteiger partial charge on any atom is -0.488 e. The Balaban J connectivity index is 2.08. The van der Waals surface area contributed by atoms with Crippen LogP contribution in [0.1, 0.15) is 31.1 Å². The van der Waals surface area contributed by atoms with Crippen LogP contribution in [-0.2, 0) is 6.61 Å². The minimum atomic E-state index is -1.58. The molecule has 0 fully saturated rings. The van der Waals surface area contributed by atoms with E-state index in [9.17, 15) is 20.1 Å². The van der Waals surface area contributed by atoms with Crippen molar-refractivity contribution in [1.82, 2.24) is 0 Å². The van der Waals surface area contributed by atoms with Crippen molar-refractivity contribution in [2.75, 3.05) is 0 Å². The van der Waals surface area contributed by atoms with E-state index in [0.717, 1.165) is 5.56 Å². The molecule has 3 N–H and O–H groups in total. The molecule has 0 aliphatic rings. The van der Waals surface area contributed by atoms with Gasteiger partial charge in [-0.15, -0.1) is 0 Å². The third-order valence-electron chi connectivity index (χ3n) is 4.34. The summed E-state index contributed by atoms with van der Waals surface area (Å²) in [6.45, 7) is 2.99. The zero-order valence-corrected chi connectivity index (χ0v) is 15.1. The van der Waals surface area contributed by atoms with E-state index in [0.29, 0.717) is 5.39 Å². The first kappa shape index (κ1) is 19.1. The van der Waals surface area contributed by atoms with Gasteiger partial charge in [0.05, 0.1) is 11.2 Å². The summed E-state index contributed by atoms with van der Waals surface area (Å²) in [4.78, 5) is 11.7. The van der Waals surface area contributed by atoms with Crippen LogP contribution in [0.15, 0.2) is 63.8 Å².